The molecule has 0 fully saturated rings. The third kappa shape index (κ3) is 3.43. The van der Waals surface area contributed by atoms with Crippen molar-refractivity contribution in [2.75, 3.05) is 30.9 Å². The summed E-state index contributed by atoms with van der Waals surface area (Å²) in [6.07, 6.45) is 0. The van der Waals surface area contributed by atoms with E-state index < -0.39 is 0 Å². The highest BCUT2D eigenvalue weighted by atomic mass is 35.5. The number of nitrogens with zero attached hydrogens (tertiary/aromatic N) is 5. The van der Waals surface area contributed by atoms with Gasteiger partial charge in [0.25, 0.3) is 0 Å². The Balaban J connectivity index is 3.05. The molecule has 96 valence electrons. The molecule has 0 N–H and O–H groups in total. The molecule has 1 aromatic heterocycles. The fraction of sp³-hybridized carbons (Fsp3) is 0.727. The van der Waals surface area contributed by atoms with Crippen LogP contribution in [0, 0.1) is 5.92 Å². The molecule has 0 spiro atoms. The van der Waals surface area contributed by atoms with Gasteiger partial charge in [0.2, 0.25) is 17.2 Å². The second-order valence-corrected chi connectivity index (χ2v) is 5.03. The fourth-order valence-electron chi connectivity index (χ4n) is 1.32. The van der Waals surface area contributed by atoms with Gasteiger partial charge in [-0.3, -0.25) is 0 Å². The van der Waals surface area contributed by atoms with Crippen molar-refractivity contribution in [1.82, 2.24) is 15.0 Å². The van der Waals surface area contributed by atoms with Crippen molar-refractivity contribution in [2.24, 2.45) is 5.92 Å². The van der Waals surface area contributed by atoms with Crippen LogP contribution in [0.5, 0.6) is 0 Å². The highest BCUT2D eigenvalue weighted by Crippen LogP contribution is 2.18. The Morgan fingerprint density at radius 2 is 1.47 bits per heavy atom. The molecular formula is C11H20ClN5. The lowest BCUT2D eigenvalue weighted by atomic mass is 10.1. The molecule has 6 heteroatoms. The zero-order chi connectivity index (χ0) is 13.2. The third-order valence-corrected chi connectivity index (χ3v) is 3.04. The van der Waals surface area contributed by atoms with E-state index >= 15 is 0 Å². The van der Waals surface area contributed by atoms with Gasteiger partial charge in [0.15, 0.2) is 0 Å². The molecule has 0 aliphatic heterocycles. The van der Waals surface area contributed by atoms with Crippen molar-refractivity contribution in [2.45, 2.75) is 26.8 Å². The van der Waals surface area contributed by atoms with Crippen LogP contribution in [0.15, 0.2) is 0 Å². The smallest absolute Gasteiger partial charge is 0.231 e. The first kappa shape index (κ1) is 14.0. The van der Waals surface area contributed by atoms with Gasteiger partial charge < -0.3 is 9.80 Å². The van der Waals surface area contributed by atoms with Crippen LogP contribution in [0.25, 0.3) is 0 Å². The Bertz CT molecular complexity index is 380. The Kier molecular flexibility index (Phi) is 4.51. The van der Waals surface area contributed by atoms with Gasteiger partial charge in [0, 0.05) is 27.2 Å². The van der Waals surface area contributed by atoms with E-state index in [4.69, 9.17) is 11.6 Å². The van der Waals surface area contributed by atoms with Crippen LogP contribution in [-0.2, 0) is 0 Å². The molecule has 1 unspecified atom stereocenters. The van der Waals surface area contributed by atoms with Gasteiger partial charge in [0.1, 0.15) is 0 Å². The predicted molar refractivity (Wildman–Crippen MR) is 71.9 cm³/mol. The predicted octanol–water partition coefficient (Wildman–Crippen LogP) is 2.07. The van der Waals surface area contributed by atoms with E-state index in [9.17, 15) is 0 Å². The average molecular weight is 258 g/mol. The summed E-state index contributed by atoms with van der Waals surface area (Å²) in [7, 11) is 5.72. The summed E-state index contributed by atoms with van der Waals surface area (Å²) in [6.45, 7) is 6.46. The SMILES string of the molecule is CC(C)C(C)N(C)c1nc(Cl)nc(N(C)C)n1. The van der Waals surface area contributed by atoms with E-state index in [0.717, 1.165) is 0 Å². The Hall–Kier alpha value is -1.10. The van der Waals surface area contributed by atoms with Crippen LogP contribution >= 0.6 is 11.6 Å². The minimum Gasteiger partial charge on any atom is -0.347 e. The first-order chi connectivity index (χ1) is 7.82. The summed E-state index contributed by atoms with van der Waals surface area (Å²) in [5, 5.41) is 0.224. The van der Waals surface area contributed by atoms with Gasteiger partial charge in [0.05, 0.1) is 0 Å². The van der Waals surface area contributed by atoms with Crippen molar-refractivity contribution in [3.8, 4) is 0 Å². The van der Waals surface area contributed by atoms with Gasteiger partial charge in [-0.25, -0.2) is 0 Å². The number of hydrogen-bond donors (Lipinski definition) is 0. The molecule has 0 saturated heterocycles. The molecule has 0 aromatic carbocycles. The lowest BCUT2D eigenvalue weighted by molar-refractivity contribution is 0.499. The van der Waals surface area contributed by atoms with E-state index in [1.807, 2.05) is 30.9 Å². The lowest BCUT2D eigenvalue weighted by Crippen LogP contribution is -2.35. The van der Waals surface area contributed by atoms with Crippen LogP contribution in [0.1, 0.15) is 20.8 Å². The number of rotatable bonds is 4. The third-order valence-electron chi connectivity index (χ3n) is 2.88. The fourth-order valence-corrected chi connectivity index (χ4v) is 1.47. The van der Waals surface area contributed by atoms with Crippen molar-refractivity contribution in [3.63, 3.8) is 0 Å². The molecule has 17 heavy (non-hydrogen) atoms. The average Bonchev–Trinajstić information content (AvgIpc) is 2.25. The van der Waals surface area contributed by atoms with Gasteiger partial charge >= 0.3 is 0 Å². The molecule has 5 nitrogen and oxygen atoms in total. The molecule has 0 amide bonds. The topological polar surface area (TPSA) is 45.2 Å². The van der Waals surface area contributed by atoms with Crippen molar-refractivity contribution in [1.29, 1.82) is 0 Å². The monoisotopic (exact) mass is 257 g/mol. The number of aromatic nitrogens is 3. The number of anilines is 2. The molecule has 1 heterocycles. The normalized spacial score (nSPS) is 12.7. The zero-order valence-electron chi connectivity index (χ0n) is 11.3. The maximum Gasteiger partial charge on any atom is 0.231 e. The Morgan fingerprint density at radius 1 is 0.941 bits per heavy atom. The van der Waals surface area contributed by atoms with E-state index in [1.165, 1.54) is 0 Å². The van der Waals surface area contributed by atoms with Crippen LogP contribution in [0.3, 0.4) is 0 Å². The van der Waals surface area contributed by atoms with E-state index in [2.05, 4.69) is 35.7 Å². The van der Waals surface area contributed by atoms with E-state index in [-0.39, 0.29) is 5.28 Å². The molecule has 0 saturated carbocycles. The van der Waals surface area contributed by atoms with Gasteiger partial charge in [-0.15, -0.1) is 0 Å². The first-order valence-electron chi connectivity index (χ1n) is 5.64. The molecule has 0 aliphatic carbocycles. The van der Waals surface area contributed by atoms with E-state index in [0.29, 0.717) is 23.9 Å². The molecule has 1 aromatic rings. The summed E-state index contributed by atoms with van der Waals surface area (Å²) in [5.74, 6) is 1.69. The van der Waals surface area contributed by atoms with Crippen LogP contribution in [0.4, 0.5) is 11.9 Å². The van der Waals surface area contributed by atoms with Crippen LogP contribution < -0.4 is 9.80 Å². The number of hydrogen-bond acceptors (Lipinski definition) is 5. The highest BCUT2D eigenvalue weighted by molar-refractivity contribution is 6.28. The molecule has 0 radical (unpaired) electrons. The lowest BCUT2D eigenvalue weighted by Gasteiger charge is -2.28. The Labute approximate surface area is 108 Å². The maximum atomic E-state index is 5.91. The number of halogens is 1. The molecular weight excluding hydrogens is 238 g/mol. The van der Waals surface area contributed by atoms with Gasteiger partial charge in [-0.2, -0.15) is 15.0 Å². The molecule has 0 bridgehead atoms. The highest BCUT2D eigenvalue weighted by Gasteiger charge is 2.18. The van der Waals surface area contributed by atoms with E-state index in [1.54, 1.807) is 0 Å². The summed E-state index contributed by atoms with van der Waals surface area (Å²) >= 11 is 5.91. The maximum absolute atomic E-state index is 5.91. The van der Waals surface area contributed by atoms with Crippen molar-refractivity contribution < 1.29 is 0 Å². The molecule has 1 rings (SSSR count). The summed E-state index contributed by atoms with van der Waals surface area (Å²) < 4.78 is 0. The van der Waals surface area contributed by atoms with Gasteiger partial charge in [-0.1, -0.05) is 13.8 Å². The first-order valence-corrected chi connectivity index (χ1v) is 6.02. The largest absolute Gasteiger partial charge is 0.347 e. The Morgan fingerprint density at radius 3 is 1.94 bits per heavy atom. The second kappa shape index (κ2) is 5.49. The van der Waals surface area contributed by atoms with Crippen molar-refractivity contribution >= 4 is 23.5 Å². The minimum atomic E-state index is 0.224. The van der Waals surface area contributed by atoms with Crippen LogP contribution in [-0.4, -0.2) is 42.1 Å². The molecule has 0 aliphatic rings. The quantitative estimate of drug-likeness (QED) is 0.826. The minimum absolute atomic E-state index is 0.224. The van der Waals surface area contributed by atoms with Gasteiger partial charge in [-0.05, 0) is 24.4 Å². The summed E-state index contributed by atoms with van der Waals surface area (Å²) in [4.78, 5) is 16.4. The van der Waals surface area contributed by atoms with Crippen molar-refractivity contribution in [3.05, 3.63) is 5.28 Å². The standard InChI is InChI=1S/C11H20ClN5/c1-7(2)8(3)17(6)11-14-9(12)13-10(15-11)16(4)5/h7-8H,1-6H3. The molecule has 1 atom stereocenters. The summed E-state index contributed by atoms with van der Waals surface area (Å²) in [6, 6.07) is 0.337. The zero-order valence-corrected chi connectivity index (χ0v) is 12.0. The summed E-state index contributed by atoms with van der Waals surface area (Å²) in [5.41, 5.74) is 0. The van der Waals surface area contributed by atoms with Crippen LogP contribution in [0.2, 0.25) is 5.28 Å². The second-order valence-electron chi connectivity index (χ2n) is 4.69.